The first-order chi connectivity index (χ1) is 8.83. The molecule has 118 valence electrons. The molecular formula is C14H26O6. The van der Waals surface area contributed by atoms with E-state index in [9.17, 15) is 19.8 Å². The van der Waals surface area contributed by atoms with Crippen LogP contribution in [0.4, 0.5) is 0 Å². The van der Waals surface area contributed by atoms with Gasteiger partial charge in [-0.1, -0.05) is 41.5 Å². The van der Waals surface area contributed by atoms with Gasteiger partial charge in [-0.2, -0.15) is 0 Å². The highest BCUT2D eigenvalue weighted by molar-refractivity contribution is 5.85. The van der Waals surface area contributed by atoms with Crippen LogP contribution in [0.15, 0.2) is 0 Å². The van der Waals surface area contributed by atoms with Gasteiger partial charge in [-0.25, -0.2) is 9.59 Å². The van der Waals surface area contributed by atoms with Crippen LogP contribution in [0, 0.1) is 10.8 Å². The van der Waals surface area contributed by atoms with Crippen LogP contribution in [-0.2, 0) is 19.1 Å². The fourth-order valence-corrected chi connectivity index (χ4v) is 1.00. The summed E-state index contributed by atoms with van der Waals surface area (Å²) in [5.74, 6) is -2.08. The van der Waals surface area contributed by atoms with Crippen LogP contribution in [0.25, 0.3) is 0 Å². The van der Waals surface area contributed by atoms with Gasteiger partial charge in [-0.3, -0.25) is 0 Å². The molecule has 0 aliphatic heterocycles. The van der Waals surface area contributed by atoms with Gasteiger partial charge in [0.2, 0.25) is 0 Å². The minimum atomic E-state index is -1.94. The van der Waals surface area contributed by atoms with Crippen LogP contribution in [0.3, 0.4) is 0 Å². The van der Waals surface area contributed by atoms with Gasteiger partial charge in [0, 0.05) is 0 Å². The quantitative estimate of drug-likeness (QED) is 0.730. The van der Waals surface area contributed by atoms with Crippen molar-refractivity contribution in [1.29, 1.82) is 0 Å². The highest BCUT2D eigenvalue weighted by Crippen LogP contribution is 2.15. The first-order valence-electron chi connectivity index (χ1n) is 6.53. The van der Waals surface area contributed by atoms with Crippen molar-refractivity contribution in [3.8, 4) is 0 Å². The van der Waals surface area contributed by atoms with Crippen LogP contribution in [0.2, 0.25) is 0 Å². The lowest BCUT2D eigenvalue weighted by Crippen LogP contribution is -2.43. The van der Waals surface area contributed by atoms with E-state index in [1.54, 1.807) is 0 Å². The van der Waals surface area contributed by atoms with Gasteiger partial charge in [0.05, 0.1) is 13.2 Å². The Balaban J connectivity index is 4.35. The highest BCUT2D eigenvalue weighted by atomic mass is 16.6. The van der Waals surface area contributed by atoms with Crippen LogP contribution >= 0.6 is 0 Å². The molecule has 0 fully saturated rings. The van der Waals surface area contributed by atoms with Gasteiger partial charge in [0.1, 0.15) is 0 Å². The Kier molecular flexibility index (Phi) is 6.64. The fraction of sp³-hybridized carbons (Fsp3) is 0.857. The average Bonchev–Trinajstić information content (AvgIpc) is 2.29. The number of rotatable bonds is 5. The van der Waals surface area contributed by atoms with E-state index in [-0.39, 0.29) is 24.0 Å². The third kappa shape index (κ3) is 8.12. The molecule has 0 bridgehead atoms. The van der Waals surface area contributed by atoms with Crippen LogP contribution in [0.5, 0.6) is 0 Å². The lowest BCUT2D eigenvalue weighted by Gasteiger charge is -2.22. The number of carbonyl (C=O) groups excluding carboxylic acids is 2. The molecule has 6 heteroatoms. The number of aliphatic hydroxyl groups excluding tert-OH is 2. The Morgan fingerprint density at radius 2 is 1.05 bits per heavy atom. The second-order valence-corrected chi connectivity index (χ2v) is 7.23. The second kappa shape index (κ2) is 7.04. The third-order valence-corrected chi connectivity index (χ3v) is 2.08. The lowest BCUT2D eigenvalue weighted by molar-refractivity contribution is -0.175. The van der Waals surface area contributed by atoms with Crippen molar-refractivity contribution in [1.82, 2.24) is 0 Å². The first-order valence-corrected chi connectivity index (χ1v) is 6.53. The largest absolute Gasteiger partial charge is 0.463 e. The molecule has 0 amide bonds. The molecule has 0 aromatic carbocycles. The number of hydrogen-bond donors (Lipinski definition) is 2. The monoisotopic (exact) mass is 290 g/mol. The zero-order valence-electron chi connectivity index (χ0n) is 13.1. The molecule has 6 nitrogen and oxygen atoms in total. The molecule has 0 aliphatic carbocycles. The molecule has 2 atom stereocenters. The normalized spacial score (nSPS) is 15.4. The number of hydrogen-bond acceptors (Lipinski definition) is 6. The summed E-state index contributed by atoms with van der Waals surface area (Å²) >= 11 is 0. The summed E-state index contributed by atoms with van der Waals surface area (Å²) in [6, 6.07) is 0. The number of aliphatic hydroxyl groups is 2. The van der Waals surface area contributed by atoms with Gasteiger partial charge < -0.3 is 19.7 Å². The van der Waals surface area contributed by atoms with E-state index < -0.39 is 24.1 Å². The Morgan fingerprint density at radius 1 is 0.800 bits per heavy atom. The molecule has 0 saturated heterocycles. The molecule has 0 heterocycles. The van der Waals surface area contributed by atoms with Crippen molar-refractivity contribution in [2.24, 2.45) is 10.8 Å². The molecule has 0 aliphatic rings. The molecule has 0 aromatic heterocycles. The van der Waals surface area contributed by atoms with Crippen molar-refractivity contribution in [3.05, 3.63) is 0 Å². The predicted octanol–water partition coefficient (Wildman–Crippen LogP) is 0.887. The van der Waals surface area contributed by atoms with Gasteiger partial charge in [-0.15, -0.1) is 0 Å². The maximum atomic E-state index is 11.5. The third-order valence-electron chi connectivity index (χ3n) is 2.08. The van der Waals surface area contributed by atoms with E-state index in [2.05, 4.69) is 0 Å². The van der Waals surface area contributed by atoms with Crippen LogP contribution < -0.4 is 0 Å². The summed E-state index contributed by atoms with van der Waals surface area (Å²) in [5.41, 5.74) is -0.542. The standard InChI is InChI=1S/C14H26O6/c1-13(2,3)7-19-11(17)9(15)10(16)12(18)20-8-14(4,5)6/h9-10,15-16H,7-8H2,1-6H3. The minimum Gasteiger partial charge on any atom is -0.463 e. The van der Waals surface area contributed by atoms with Crippen molar-refractivity contribution >= 4 is 11.9 Å². The van der Waals surface area contributed by atoms with E-state index in [4.69, 9.17) is 9.47 Å². The van der Waals surface area contributed by atoms with Gasteiger partial charge >= 0.3 is 11.9 Å². The van der Waals surface area contributed by atoms with Crippen molar-refractivity contribution in [3.63, 3.8) is 0 Å². The Labute approximate surface area is 120 Å². The maximum Gasteiger partial charge on any atom is 0.338 e. The predicted molar refractivity (Wildman–Crippen MR) is 72.8 cm³/mol. The smallest absolute Gasteiger partial charge is 0.338 e. The molecule has 0 rings (SSSR count). The maximum absolute atomic E-state index is 11.5. The summed E-state index contributed by atoms with van der Waals surface area (Å²) in [5, 5.41) is 19.1. The van der Waals surface area contributed by atoms with E-state index in [0.717, 1.165) is 0 Å². The van der Waals surface area contributed by atoms with Crippen LogP contribution in [0.1, 0.15) is 41.5 Å². The topological polar surface area (TPSA) is 93.1 Å². The zero-order valence-corrected chi connectivity index (χ0v) is 13.1. The molecule has 0 radical (unpaired) electrons. The van der Waals surface area contributed by atoms with E-state index >= 15 is 0 Å². The van der Waals surface area contributed by atoms with Crippen molar-refractivity contribution in [2.45, 2.75) is 53.8 Å². The summed E-state index contributed by atoms with van der Waals surface area (Å²) in [4.78, 5) is 23.0. The number of ether oxygens (including phenoxy) is 2. The molecule has 2 unspecified atom stereocenters. The summed E-state index contributed by atoms with van der Waals surface area (Å²) in [6.45, 7) is 11.2. The Hall–Kier alpha value is -1.14. The zero-order chi connectivity index (χ0) is 16.1. The lowest BCUT2D eigenvalue weighted by atomic mass is 9.98. The second-order valence-electron chi connectivity index (χ2n) is 7.23. The van der Waals surface area contributed by atoms with Gasteiger partial charge in [-0.05, 0) is 10.8 Å². The number of carbonyl (C=O) groups is 2. The molecule has 0 saturated carbocycles. The molecule has 0 aromatic rings. The first kappa shape index (κ1) is 18.9. The summed E-state index contributed by atoms with van der Waals surface area (Å²) in [7, 11) is 0. The summed E-state index contributed by atoms with van der Waals surface area (Å²) in [6.07, 6.45) is -3.88. The Morgan fingerprint density at radius 3 is 1.25 bits per heavy atom. The minimum absolute atomic E-state index is 0.0760. The highest BCUT2D eigenvalue weighted by Gasteiger charge is 2.34. The molecule has 0 spiro atoms. The van der Waals surface area contributed by atoms with Gasteiger partial charge in [0.15, 0.2) is 12.2 Å². The van der Waals surface area contributed by atoms with E-state index in [1.165, 1.54) is 0 Å². The average molecular weight is 290 g/mol. The van der Waals surface area contributed by atoms with Crippen molar-refractivity contribution in [2.75, 3.05) is 13.2 Å². The van der Waals surface area contributed by atoms with E-state index in [1.807, 2.05) is 41.5 Å². The fourth-order valence-electron chi connectivity index (χ4n) is 1.00. The van der Waals surface area contributed by atoms with E-state index in [0.29, 0.717) is 0 Å². The van der Waals surface area contributed by atoms with Gasteiger partial charge in [0.25, 0.3) is 0 Å². The van der Waals surface area contributed by atoms with Crippen molar-refractivity contribution < 1.29 is 29.3 Å². The SMILES string of the molecule is CC(C)(C)COC(=O)C(O)C(O)C(=O)OCC(C)(C)C. The molecule has 20 heavy (non-hydrogen) atoms. The van der Waals surface area contributed by atoms with Crippen LogP contribution in [-0.4, -0.2) is 47.6 Å². The molecule has 2 N–H and O–H groups in total. The summed E-state index contributed by atoms with van der Waals surface area (Å²) < 4.78 is 9.66. The number of esters is 2. The Bertz CT molecular complexity index is 303. The molecular weight excluding hydrogens is 264 g/mol.